The second kappa shape index (κ2) is 7.84. The summed E-state index contributed by atoms with van der Waals surface area (Å²) < 4.78 is 0. The van der Waals surface area contributed by atoms with Gasteiger partial charge < -0.3 is 11.1 Å². The summed E-state index contributed by atoms with van der Waals surface area (Å²) in [7, 11) is 0. The van der Waals surface area contributed by atoms with Crippen LogP contribution in [0.1, 0.15) is 97.8 Å². The van der Waals surface area contributed by atoms with Gasteiger partial charge in [-0.25, -0.2) is 4.79 Å². The molecule has 3 nitrogen and oxygen atoms in total. The highest BCUT2D eigenvalue weighted by Crippen LogP contribution is 2.69. The van der Waals surface area contributed by atoms with E-state index in [2.05, 4.69) is 26.1 Å². The van der Waals surface area contributed by atoms with E-state index in [1.165, 1.54) is 70.6 Å². The van der Waals surface area contributed by atoms with E-state index in [1.807, 2.05) is 0 Å². The van der Waals surface area contributed by atoms with Crippen molar-refractivity contribution in [2.45, 2.75) is 97.8 Å². The van der Waals surface area contributed by atoms with Crippen LogP contribution >= 0.6 is 0 Å². The molecule has 0 aromatic heterocycles. The van der Waals surface area contributed by atoms with Crippen molar-refractivity contribution in [3.05, 3.63) is 0 Å². The molecule has 28 heavy (non-hydrogen) atoms. The van der Waals surface area contributed by atoms with Crippen molar-refractivity contribution in [2.24, 2.45) is 52.1 Å². The molecule has 0 saturated heterocycles. The SMILES string of the molecule is CC[C@H]1CC2C3CCC(CCCNC(N)=O)C3(C)CC[C@@H]2C2(C)CCCCC12. The van der Waals surface area contributed by atoms with Crippen LogP contribution < -0.4 is 11.1 Å². The van der Waals surface area contributed by atoms with E-state index in [-0.39, 0.29) is 6.03 Å². The van der Waals surface area contributed by atoms with Crippen LogP contribution in [0.5, 0.6) is 0 Å². The van der Waals surface area contributed by atoms with Crippen molar-refractivity contribution in [3.8, 4) is 0 Å². The molecule has 3 heteroatoms. The molecule has 0 bridgehead atoms. The summed E-state index contributed by atoms with van der Waals surface area (Å²) in [5.41, 5.74) is 6.41. The quantitative estimate of drug-likeness (QED) is 0.548. The number of nitrogens with one attached hydrogen (secondary N) is 1. The Bertz CT molecular complexity index is 577. The molecule has 3 N–H and O–H groups in total. The van der Waals surface area contributed by atoms with E-state index in [4.69, 9.17) is 5.73 Å². The van der Waals surface area contributed by atoms with Gasteiger partial charge in [-0.05, 0) is 104 Å². The third-order valence-corrected chi connectivity index (χ3v) is 10.5. The summed E-state index contributed by atoms with van der Waals surface area (Å²) in [6.45, 7) is 8.56. The largest absolute Gasteiger partial charge is 0.352 e. The summed E-state index contributed by atoms with van der Waals surface area (Å²) >= 11 is 0. The fourth-order valence-electron chi connectivity index (χ4n) is 9.16. The predicted octanol–water partition coefficient (Wildman–Crippen LogP) is 6.12. The van der Waals surface area contributed by atoms with E-state index in [9.17, 15) is 4.79 Å². The Morgan fingerprint density at radius 2 is 1.79 bits per heavy atom. The van der Waals surface area contributed by atoms with Gasteiger partial charge in [0.25, 0.3) is 0 Å². The Morgan fingerprint density at radius 3 is 2.54 bits per heavy atom. The Hall–Kier alpha value is -0.730. The lowest BCUT2D eigenvalue weighted by Gasteiger charge is -2.62. The molecule has 0 heterocycles. The number of amides is 2. The molecule has 4 fully saturated rings. The number of nitrogens with two attached hydrogens (primary N) is 1. The standard InChI is InChI=1S/C25H44N2O/c1-4-17-16-19-21-11-10-18(8-7-15-27-23(26)28)24(21,2)14-12-22(19)25(3)13-6-5-9-20(17)25/h17-22H,4-16H2,1-3H3,(H3,26,27,28)/t17-,18?,19?,20?,21?,22-,24?,25?/m0/s1. The maximum Gasteiger partial charge on any atom is 0.312 e. The van der Waals surface area contributed by atoms with Crippen molar-refractivity contribution in [2.75, 3.05) is 6.54 Å². The lowest BCUT2D eigenvalue weighted by atomic mass is 9.42. The number of carbonyl (C=O) groups excluding carboxylic acids is 1. The van der Waals surface area contributed by atoms with Crippen LogP contribution in [0, 0.1) is 46.3 Å². The highest BCUT2D eigenvalue weighted by molar-refractivity contribution is 5.71. The Balaban J connectivity index is 1.49. The zero-order chi connectivity index (χ0) is 19.9. The van der Waals surface area contributed by atoms with Crippen molar-refractivity contribution in [1.29, 1.82) is 0 Å². The number of hydrogen-bond acceptors (Lipinski definition) is 1. The zero-order valence-electron chi connectivity index (χ0n) is 18.6. The number of hydrogen-bond donors (Lipinski definition) is 2. The maximum absolute atomic E-state index is 11.0. The van der Waals surface area contributed by atoms with Crippen LogP contribution in [0.2, 0.25) is 0 Å². The number of carbonyl (C=O) groups is 1. The van der Waals surface area contributed by atoms with E-state index in [0.717, 1.165) is 48.5 Å². The molecule has 0 aromatic rings. The smallest absolute Gasteiger partial charge is 0.312 e. The molecule has 0 radical (unpaired) electrons. The van der Waals surface area contributed by atoms with Gasteiger partial charge in [0.15, 0.2) is 0 Å². The third-order valence-electron chi connectivity index (χ3n) is 10.5. The average molecular weight is 389 g/mol. The first-order valence-electron chi connectivity index (χ1n) is 12.4. The second-order valence-electron chi connectivity index (χ2n) is 11.4. The Morgan fingerprint density at radius 1 is 1.00 bits per heavy atom. The zero-order valence-corrected chi connectivity index (χ0v) is 18.6. The molecular formula is C25H44N2O. The lowest BCUT2D eigenvalue weighted by molar-refractivity contribution is -0.135. The molecule has 160 valence electrons. The van der Waals surface area contributed by atoms with Crippen molar-refractivity contribution in [1.82, 2.24) is 5.32 Å². The van der Waals surface area contributed by atoms with Crippen molar-refractivity contribution in [3.63, 3.8) is 0 Å². The molecule has 0 spiro atoms. The molecule has 2 amide bonds. The highest BCUT2D eigenvalue weighted by atomic mass is 16.2. The topological polar surface area (TPSA) is 55.1 Å². The number of rotatable bonds is 5. The van der Waals surface area contributed by atoms with Gasteiger partial charge in [-0.1, -0.05) is 40.0 Å². The van der Waals surface area contributed by atoms with E-state index in [1.54, 1.807) is 0 Å². The monoisotopic (exact) mass is 388 g/mol. The summed E-state index contributed by atoms with van der Waals surface area (Å²) in [6, 6.07) is -0.376. The molecule has 4 aliphatic rings. The minimum absolute atomic E-state index is 0.376. The molecular weight excluding hydrogens is 344 g/mol. The molecule has 4 rings (SSSR count). The van der Waals surface area contributed by atoms with E-state index < -0.39 is 0 Å². The molecule has 4 aliphatic carbocycles. The van der Waals surface area contributed by atoms with Crippen molar-refractivity contribution < 1.29 is 4.79 Å². The number of fused-ring (bicyclic) bond motifs is 5. The fourth-order valence-corrected chi connectivity index (χ4v) is 9.16. The van der Waals surface area contributed by atoms with Crippen LogP contribution in [0.3, 0.4) is 0 Å². The van der Waals surface area contributed by atoms with Gasteiger partial charge in [0, 0.05) is 6.54 Å². The lowest BCUT2D eigenvalue weighted by Crippen LogP contribution is -2.55. The summed E-state index contributed by atoms with van der Waals surface area (Å²) in [4.78, 5) is 11.0. The van der Waals surface area contributed by atoms with Crippen LogP contribution in [-0.4, -0.2) is 12.6 Å². The molecule has 4 saturated carbocycles. The highest BCUT2D eigenvalue weighted by Gasteiger charge is 2.60. The van der Waals surface area contributed by atoms with Crippen LogP contribution in [0.15, 0.2) is 0 Å². The maximum atomic E-state index is 11.0. The minimum atomic E-state index is -0.376. The normalized spacial score (nSPS) is 47.7. The van der Waals surface area contributed by atoms with Gasteiger partial charge in [0.2, 0.25) is 0 Å². The first-order valence-corrected chi connectivity index (χ1v) is 12.4. The fraction of sp³-hybridized carbons (Fsp3) is 0.960. The van der Waals surface area contributed by atoms with Gasteiger partial charge in [-0.3, -0.25) is 0 Å². The van der Waals surface area contributed by atoms with E-state index in [0.29, 0.717) is 10.8 Å². The predicted molar refractivity (Wildman–Crippen MR) is 116 cm³/mol. The molecule has 0 aromatic carbocycles. The summed E-state index contributed by atoms with van der Waals surface area (Å²) in [5, 5.41) is 2.79. The van der Waals surface area contributed by atoms with Crippen molar-refractivity contribution >= 4 is 6.03 Å². The summed E-state index contributed by atoms with van der Waals surface area (Å²) in [5.74, 6) is 5.77. The minimum Gasteiger partial charge on any atom is -0.352 e. The van der Waals surface area contributed by atoms with Gasteiger partial charge in [0.05, 0.1) is 0 Å². The first kappa shape index (κ1) is 20.5. The summed E-state index contributed by atoms with van der Waals surface area (Å²) in [6.07, 6.45) is 17.1. The second-order valence-corrected chi connectivity index (χ2v) is 11.4. The Labute approximate surface area is 173 Å². The van der Waals surface area contributed by atoms with E-state index >= 15 is 0 Å². The van der Waals surface area contributed by atoms with Gasteiger partial charge >= 0.3 is 6.03 Å². The third kappa shape index (κ3) is 3.29. The molecule has 0 aliphatic heterocycles. The van der Waals surface area contributed by atoms with Crippen LogP contribution in [0.25, 0.3) is 0 Å². The van der Waals surface area contributed by atoms with Crippen LogP contribution in [-0.2, 0) is 0 Å². The first-order chi connectivity index (χ1) is 13.4. The van der Waals surface area contributed by atoms with Gasteiger partial charge in [-0.2, -0.15) is 0 Å². The number of primary amides is 1. The average Bonchev–Trinajstić information content (AvgIpc) is 3.00. The molecule has 8 atom stereocenters. The van der Waals surface area contributed by atoms with Gasteiger partial charge in [-0.15, -0.1) is 0 Å². The number of urea groups is 1. The van der Waals surface area contributed by atoms with Crippen LogP contribution in [0.4, 0.5) is 4.79 Å². The van der Waals surface area contributed by atoms with Gasteiger partial charge in [0.1, 0.15) is 0 Å². The molecule has 6 unspecified atom stereocenters. The Kier molecular flexibility index (Phi) is 5.75.